The van der Waals surface area contributed by atoms with Gasteiger partial charge in [-0.25, -0.2) is 0 Å². The number of carboxylic acids is 1. The standard InChI is InChI=1S/C13H24N2O3S/c1-9(2)10(3-4-12(16)17)5-6-14-13(18)11-7-19-8-15-11/h9-11,15H,3-8H2,1-2H3,(H,14,18)(H,16,17). The largest absolute Gasteiger partial charge is 0.481 e. The third kappa shape index (κ3) is 6.29. The minimum Gasteiger partial charge on any atom is -0.481 e. The number of carboxylic acid groups (broad SMARTS) is 1. The van der Waals surface area contributed by atoms with E-state index in [2.05, 4.69) is 24.5 Å². The highest BCUT2D eigenvalue weighted by Crippen LogP contribution is 2.20. The van der Waals surface area contributed by atoms with Crippen molar-refractivity contribution in [3.8, 4) is 0 Å². The van der Waals surface area contributed by atoms with Crippen molar-refractivity contribution in [2.24, 2.45) is 11.8 Å². The molecule has 6 heteroatoms. The highest BCUT2D eigenvalue weighted by atomic mass is 32.2. The maximum Gasteiger partial charge on any atom is 0.303 e. The second-order valence-corrected chi connectivity index (χ2v) is 6.32. The van der Waals surface area contributed by atoms with Gasteiger partial charge >= 0.3 is 5.97 Å². The molecule has 1 heterocycles. The number of carbonyl (C=O) groups excluding carboxylic acids is 1. The lowest BCUT2D eigenvalue weighted by Gasteiger charge is -2.20. The summed E-state index contributed by atoms with van der Waals surface area (Å²) in [5.74, 6) is 1.77. The van der Waals surface area contributed by atoms with Crippen LogP contribution in [-0.4, -0.2) is 41.2 Å². The number of carbonyl (C=O) groups is 2. The average molecular weight is 288 g/mol. The maximum absolute atomic E-state index is 11.8. The van der Waals surface area contributed by atoms with Gasteiger partial charge < -0.3 is 10.4 Å². The van der Waals surface area contributed by atoms with Gasteiger partial charge in [-0.05, 0) is 24.7 Å². The maximum atomic E-state index is 11.8. The highest BCUT2D eigenvalue weighted by Gasteiger charge is 2.22. The Morgan fingerprint density at radius 1 is 1.42 bits per heavy atom. The molecule has 1 amide bonds. The molecule has 0 aromatic heterocycles. The fourth-order valence-electron chi connectivity index (χ4n) is 2.19. The molecule has 110 valence electrons. The summed E-state index contributed by atoms with van der Waals surface area (Å²) < 4.78 is 0. The quantitative estimate of drug-likeness (QED) is 0.627. The van der Waals surface area contributed by atoms with Gasteiger partial charge in [0.05, 0.1) is 6.04 Å². The molecule has 1 rings (SSSR count). The fourth-order valence-corrected chi connectivity index (χ4v) is 3.13. The minimum absolute atomic E-state index is 0.0609. The highest BCUT2D eigenvalue weighted by molar-refractivity contribution is 7.99. The van der Waals surface area contributed by atoms with Crippen LogP contribution in [0.25, 0.3) is 0 Å². The topological polar surface area (TPSA) is 78.4 Å². The molecule has 1 aliphatic rings. The number of nitrogens with one attached hydrogen (secondary N) is 2. The Morgan fingerprint density at radius 2 is 2.16 bits per heavy atom. The number of rotatable bonds is 8. The Labute approximate surface area is 118 Å². The van der Waals surface area contributed by atoms with E-state index < -0.39 is 5.97 Å². The molecule has 0 aromatic carbocycles. The van der Waals surface area contributed by atoms with E-state index in [4.69, 9.17) is 5.11 Å². The molecule has 0 aliphatic carbocycles. The van der Waals surface area contributed by atoms with Gasteiger partial charge in [-0.3, -0.25) is 14.9 Å². The zero-order valence-corrected chi connectivity index (χ0v) is 12.5. The van der Waals surface area contributed by atoms with Crippen molar-refractivity contribution >= 4 is 23.6 Å². The molecule has 0 aromatic rings. The number of hydrogen-bond donors (Lipinski definition) is 3. The molecule has 0 spiro atoms. The SMILES string of the molecule is CC(C)C(CCNC(=O)C1CSCN1)CCC(=O)O. The second kappa shape index (κ2) is 8.43. The summed E-state index contributed by atoms with van der Waals surface area (Å²) >= 11 is 1.73. The Kier molecular flexibility index (Phi) is 7.23. The van der Waals surface area contributed by atoms with Crippen molar-refractivity contribution in [2.45, 2.75) is 39.2 Å². The molecule has 3 N–H and O–H groups in total. The van der Waals surface area contributed by atoms with Gasteiger partial charge in [-0.2, -0.15) is 0 Å². The predicted octanol–water partition coefficient (Wildman–Crippen LogP) is 1.29. The van der Waals surface area contributed by atoms with Crippen molar-refractivity contribution in [1.29, 1.82) is 0 Å². The summed E-state index contributed by atoms with van der Waals surface area (Å²) in [6, 6.07) is -0.0680. The van der Waals surface area contributed by atoms with Crippen LogP contribution in [-0.2, 0) is 9.59 Å². The summed E-state index contributed by atoms with van der Waals surface area (Å²) in [5.41, 5.74) is 0. The normalized spacial score (nSPS) is 20.5. The monoisotopic (exact) mass is 288 g/mol. The summed E-state index contributed by atoms with van der Waals surface area (Å²) in [7, 11) is 0. The van der Waals surface area contributed by atoms with Crippen molar-refractivity contribution in [3.05, 3.63) is 0 Å². The molecule has 1 aliphatic heterocycles. The van der Waals surface area contributed by atoms with Crippen molar-refractivity contribution in [2.75, 3.05) is 18.2 Å². The van der Waals surface area contributed by atoms with E-state index in [-0.39, 0.29) is 18.4 Å². The van der Waals surface area contributed by atoms with E-state index in [0.717, 1.165) is 18.1 Å². The number of thioether (sulfide) groups is 1. The van der Waals surface area contributed by atoms with Crippen LogP contribution >= 0.6 is 11.8 Å². The van der Waals surface area contributed by atoms with Crippen molar-refractivity contribution in [3.63, 3.8) is 0 Å². The van der Waals surface area contributed by atoms with Gasteiger partial charge in [-0.15, -0.1) is 11.8 Å². The second-order valence-electron chi connectivity index (χ2n) is 5.29. The molecular weight excluding hydrogens is 264 g/mol. The third-order valence-electron chi connectivity index (χ3n) is 3.52. The Balaban J connectivity index is 2.23. The van der Waals surface area contributed by atoms with Gasteiger partial charge in [0, 0.05) is 24.6 Å². The molecule has 19 heavy (non-hydrogen) atoms. The van der Waals surface area contributed by atoms with E-state index in [1.165, 1.54) is 0 Å². The molecule has 2 atom stereocenters. The summed E-state index contributed by atoms with van der Waals surface area (Å²) in [6.07, 6.45) is 1.73. The number of hydrogen-bond acceptors (Lipinski definition) is 4. The van der Waals surface area contributed by atoms with Crippen molar-refractivity contribution < 1.29 is 14.7 Å². The fraction of sp³-hybridized carbons (Fsp3) is 0.846. The average Bonchev–Trinajstić information content (AvgIpc) is 2.86. The van der Waals surface area contributed by atoms with Gasteiger partial charge in [0.2, 0.25) is 5.91 Å². The van der Waals surface area contributed by atoms with Gasteiger partial charge in [0.15, 0.2) is 0 Å². The molecule has 0 radical (unpaired) electrons. The Hall–Kier alpha value is -0.750. The van der Waals surface area contributed by atoms with Gasteiger partial charge in [0.25, 0.3) is 0 Å². The lowest BCUT2D eigenvalue weighted by Crippen LogP contribution is -2.42. The lowest BCUT2D eigenvalue weighted by molar-refractivity contribution is -0.137. The number of aliphatic carboxylic acids is 1. The van der Waals surface area contributed by atoms with Gasteiger partial charge in [-0.1, -0.05) is 13.8 Å². The molecule has 0 bridgehead atoms. The molecule has 1 saturated heterocycles. The molecule has 2 unspecified atom stereocenters. The Morgan fingerprint density at radius 3 is 2.68 bits per heavy atom. The zero-order chi connectivity index (χ0) is 14.3. The van der Waals surface area contributed by atoms with E-state index in [0.29, 0.717) is 24.8 Å². The van der Waals surface area contributed by atoms with Crippen molar-refractivity contribution in [1.82, 2.24) is 10.6 Å². The van der Waals surface area contributed by atoms with Crippen LogP contribution in [0.2, 0.25) is 0 Å². The van der Waals surface area contributed by atoms with Crippen LogP contribution in [0.1, 0.15) is 33.1 Å². The van der Waals surface area contributed by atoms with E-state index >= 15 is 0 Å². The van der Waals surface area contributed by atoms with E-state index in [9.17, 15) is 9.59 Å². The zero-order valence-electron chi connectivity index (χ0n) is 11.6. The van der Waals surface area contributed by atoms with Gasteiger partial charge in [0.1, 0.15) is 0 Å². The molecule has 1 fully saturated rings. The first-order valence-corrected chi connectivity index (χ1v) is 7.96. The van der Waals surface area contributed by atoms with E-state index in [1.807, 2.05) is 0 Å². The van der Waals surface area contributed by atoms with E-state index in [1.54, 1.807) is 11.8 Å². The van der Waals surface area contributed by atoms with Crippen LogP contribution < -0.4 is 10.6 Å². The molecule has 0 saturated carbocycles. The first kappa shape index (κ1) is 16.3. The predicted molar refractivity (Wildman–Crippen MR) is 77.1 cm³/mol. The van der Waals surface area contributed by atoms with Crippen LogP contribution in [0.15, 0.2) is 0 Å². The summed E-state index contributed by atoms with van der Waals surface area (Å²) in [6.45, 7) is 4.83. The molecule has 5 nitrogen and oxygen atoms in total. The van der Waals surface area contributed by atoms with Crippen LogP contribution in [0.4, 0.5) is 0 Å². The van der Waals surface area contributed by atoms with Crippen LogP contribution in [0, 0.1) is 11.8 Å². The Bertz CT molecular complexity index is 304. The molecular formula is C13H24N2O3S. The first-order valence-electron chi connectivity index (χ1n) is 6.81. The number of amides is 1. The summed E-state index contributed by atoms with van der Waals surface area (Å²) in [4.78, 5) is 22.4. The lowest BCUT2D eigenvalue weighted by atomic mass is 9.88. The minimum atomic E-state index is -0.748. The van der Waals surface area contributed by atoms with Crippen LogP contribution in [0.3, 0.4) is 0 Å². The smallest absolute Gasteiger partial charge is 0.303 e. The first-order chi connectivity index (χ1) is 9.00. The summed E-state index contributed by atoms with van der Waals surface area (Å²) in [5, 5.41) is 14.8. The third-order valence-corrected chi connectivity index (χ3v) is 4.46. The van der Waals surface area contributed by atoms with Crippen LogP contribution in [0.5, 0.6) is 0 Å².